The minimum atomic E-state index is -0.313. The Morgan fingerprint density at radius 2 is 2.06 bits per heavy atom. The van der Waals surface area contributed by atoms with E-state index >= 15 is 0 Å². The highest BCUT2D eigenvalue weighted by atomic mass is 16.6. The molecule has 16 heavy (non-hydrogen) atoms. The summed E-state index contributed by atoms with van der Waals surface area (Å²) in [6, 6.07) is 5.25. The predicted molar refractivity (Wildman–Crippen MR) is 59.3 cm³/mol. The molecule has 0 aromatic carbocycles. The summed E-state index contributed by atoms with van der Waals surface area (Å²) < 4.78 is 5.15. The molecule has 2 heterocycles. The van der Waals surface area contributed by atoms with Crippen LogP contribution in [-0.4, -0.2) is 54.1 Å². The number of piperazine rings is 1. The predicted octanol–water partition coefficient (Wildman–Crippen LogP) is 0.828. The van der Waals surface area contributed by atoms with Gasteiger partial charge in [0.25, 0.3) is 0 Å². The Morgan fingerprint density at radius 1 is 1.31 bits per heavy atom. The van der Waals surface area contributed by atoms with Crippen molar-refractivity contribution in [3.63, 3.8) is 0 Å². The van der Waals surface area contributed by atoms with Gasteiger partial charge < -0.3 is 14.5 Å². The molecule has 1 fully saturated rings. The van der Waals surface area contributed by atoms with Crippen LogP contribution in [0.2, 0.25) is 0 Å². The third-order valence-corrected chi connectivity index (χ3v) is 2.59. The summed E-state index contributed by atoms with van der Waals surface area (Å²) in [5, 5.41) is 0. The molecule has 0 N–H and O–H groups in total. The third kappa shape index (κ3) is 2.70. The molecule has 1 aromatic rings. The zero-order chi connectivity index (χ0) is 11.4. The molecule has 0 bridgehead atoms. The third-order valence-electron chi connectivity index (χ3n) is 2.59. The van der Waals surface area contributed by atoms with E-state index in [2.05, 4.69) is 9.88 Å². The van der Waals surface area contributed by atoms with Gasteiger partial charge in [-0.05, 0) is 13.1 Å². The van der Waals surface area contributed by atoms with Crippen molar-refractivity contribution in [2.24, 2.45) is 0 Å². The Bertz CT molecular complexity index is 348. The minimum Gasteiger partial charge on any atom is -0.391 e. The number of nitrogens with zero attached hydrogens (tertiary/aromatic N) is 3. The molecule has 0 radical (unpaired) electrons. The number of pyridine rings is 1. The molecule has 0 spiro atoms. The van der Waals surface area contributed by atoms with Crippen molar-refractivity contribution in [2.45, 2.75) is 0 Å². The fourth-order valence-electron chi connectivity index (χ4n) is 1.55. The first-order valence-corrected chi connectivity index (χ1v) is 5.32. The standard InChI is InChI=1S/C11H15N3O2/c1-13-6-8-14(9-7-13)11(15)16-10-4-2-3-5-12-10/h2-5H,6-9H2,1H3. The van der Waals surface area contributed by atoms with Gasteiger partial charge in [0.15, 0.2) is 0 Å². The van der Waals surface area contributed by atoms with Crippen LogP contribution in [-0.2, 0) is 0 Å². The summed E-state index contributed by atoms with van der Waals surface area (Å²) in [6.45, 7) is 3.19. The molecule has 5 heteroatoms. The normalized spacial score (nSPS) is 17.2. The van der Waals surface area contributed by atoms with E-state index in [1.165, 1.54) is 0 Å². The van der Waals surface area contributed by atoms with Crippen molar-refractivity contribution in [3.05, 3.63) is 24.4 Å². The van der Waals surface area contributed by atoms with Gasteiger partial charge in [0.1, 0.15) is 0 Å². The molecule has 0 aliphatic carbocycles. The van der Waals surface area contributed by atoms with Crippen LogP contribution in [0.25, 0.3) is 0 Å². The Kier molecular flexibility index (Phi) is 3.36. The number of aromatic nitrogens is 1. The average molecular weight is 221 g/mol. The second-order valence-corrected chi connectivity index (χ2v) is 3.83. The van der Waals surface area contributed by atoms with Crippen molar-refractivity contribution in [2.75, 3.05) is 33.2 Å². The number of likely N-dealkylation sites (N-methyl/N-ethyl adjacent to an activating group) is 1. The topological polar surface area (TPSA) is 45.7 Å². The largest absolute Gasteiger partial charge is 0.416 e. The van der Waals surface area contributed by atoms with Crippen LogP contribution in [0.5, 0.6) is 5.88 Å². The maximum Gasteiger partial charge on any atom is 0.416 e. The molecule has 2 rings (SSSR count). The van der Waals surface area contributed by atoms with Gasteiger partial charge in [0.2, 0.25) is 5.88 Å². The highest BCUT2D eigenvalue weighted by molar-refractivity contribution is 5.70. The molecular weight excluding hydrogens is 206 g/mol. The Balaban J connectivity index is 1.89. The summed E-state index contributed by atoms with van der Waals surface area (Å²) in [5.41, 5.74) is 0. The number of amides is 1. The molecule has 1 amide bonds. The molecule has 86 valence electrons. The number of hydrogen-bond donors (Lipinski definition) is 0. The number of rotatable bonds is 1. The molecule has 1 aliphatic heterocycles. The summed E-state index contributed by atoms with van der Waals surface area (Å²) in [4.78, 5) is 19.6. The molecule has 0 saturated carbocycles. The van der Waals surface area contributed by atoms with Crippen molar-refractivity contribution >= 4 is 6.09 Å². The van der Waals surface area contributed by atoms with E-state index in [1.807, 2.05) is 7.05 Å². The minimum absolute atomic E-state index is 0.313. The van der Waals surface area contributed by atoms with Crippen molar-refractivity contribution in [3.8, 4) is 5.88 Å². The van der Waals surface area contributed by atoms with Crippen LogP contribution >= 0.6 is 0 Å². The van der Waals surface area contributed by atoms with Gasteiger partial charge in [-0.15, -0.1) is 0 Å². The Morgan fingerprint density at radius 3 is 2.69 bits per heavy atom. The Labute approximate surface area is 94.6 Å². The second kappa shape index (κ2) is 4.94. The lowest BCUT2D eigenvalue weighted by molar-refractivity contribution is 0.119. The monoisotopic (exact) mass is 221 g/mol. The van der Waals surface area contributed by atoms with Crippen LogP contribution < -0.4 is 4.74 Å². The van der Waals surface area contributed by atoms with Crippen LogP contribution in [0.15, 0.2) is 24.4 Å². The molecule has 1 aliphatic rings. The fraction of sp³-hybridized carbons (Fsp3) is 0.455. The molecular formula is C11H15N3O2. The zero-order valence-electron chi connectivity index (χ0n) is 9.30. The van der Waals surface area contributed by atoms with E-state index in [0.29, 0.717) is 19.0 Å². The van der Waals surface area contributed by atoms with E-state index in [4.69, 9.17) is 4.74 Å². The summed E-state index contributed by atoms with van der Waals surface area (Å²) in [5.74, 6) is 0.353. The maximum atomic E-state index is 11.7. The summed E-state index contributed by atoms with van der Waals surface area (Å²) in [7, 11) is 2.04. The van der Waals surface area contributed by atoms with Gasteiger partial charge in [-0.1, -0.05) is 6.07 Å². The van der Waals surface area contributed by atoms with Crippen molar-refractivity contribution in [1.82, 2.24) is 14.8 Å². The van der Waals surface area contributed by atoms with Crippen LogP contribution in [0.1, 0.15) is 0 Å². The lowest BCUT2D eigenvalue weighted by Gasteiger charge is -2.31. The first-order valence-electron chi connectivity index (χ1n) is 5.32. The van der Waals surface area contributed by atoms with Crippen molar-refractivity contribution in [1.29, 1.82) is 0 Å². The lowest BCUT2D eigenvalue weighted by Crippen LogP contribution is -2.48. The number of hydrogen-bond acceptors (Lipinski definition) is 4. The number of carbonyl (C=O) groups is 1. The van der Waals surface area contributed by atoms with Gasteiger partial charge >= 0.3 is 6.09 Å². The van der Waals surface area contributed by atoms with Crippen LogP contribution in [0.4, 0.5) is 4.79 Å². The van der Waals surface area contributed by atoms with E-state index in [9.17, 15) is 4.79 Å². The summed E-state index contributed by atoms with van der Waals surface area (Å²) >= 11 is 0. The smallest absolute Gasteiger partial charge is 0.391 e. The van der Waals surface area contributed by atoms with Crippen LogP contribution in [0, 0.1) is 0 Å². The van der Waals surface area contributed by atoms with Gasteiger partial charge in [-0.2, -0.15) is 0 Å². The van der Waals surface area contributed by atoms with E-state index in [1.54, 1.807) is 29.3 Å². The highest BCUT2D eigenvalue weighted by Crippen LogP contribution is 2.07. The highest BCUT2D eigenvalue weighted by Gasteiger charge is 2.20. The molecule has 0 atom stereocenters. The van der Waals surface area contributed by atoms with Gasteiger partial charge in [0.05, 0.1) is 0 Å². The number of ether oxygens (including phenoxy) is 1. The molecule has 5 nitrogen and oxygen atoms in total. The SMILES string of the molecule is CN1CCN(C(=O)Oc2ccccn2)CC1. The maximum absolute atomic E-state index is 11.7. The van der Waals surface area contributed by atoms with E-state index in [0.717, 1.165) is 13.1 Å². The summed E-state index contributed by atoms with van der Waals surface area (Å²) in [6.07, 6.45) is 1.29. The zero-order valence-corrected chi connectivity index (χ0v) is 9.30. The first kappa shape index (κ1) is 10.9. The van der Waals surface area contributed by atoms with Gasteiger partial charge in [-0.3, -0.25) is 0 Å². The molecule has 1 saturated heterocycles. The second-order valence-electron chi connectivity index (χ2n) is 3.83. The Hall–Kier alpha value is -1.62. The quantitative estimate of drug-likeness (QED) is 0.704. The lowest BCUT2D eigenvalue weighted by atomic mass is 10.3. The van der Waals surface area contributed by atoms with Crippen LogP contribution in [0.3, 0.4) is 0 Å². The fourth-order valence-corrected chi connectivity index (χ4v) is 1.55. The number of carbonyl (C=O) groups excluding carboxylic acids is 1. The first-order chi connectivity index (χ1) is 7.75. The molecule has 1 aromatic heterocycles. The van der Waals surface area contributed by atoms with Gasteiger partial charge in [-0.25, -0.2) is 9.78 Å². The average Bonchev–Trinajstić information content (AvgIpc) is 2.31. The van der Waals surface area contributed by atoms with Gasteiger partial charge in [0, 0.05) is 38.4 Å². The van der Waals surface area contributed by atoms with Crippen molar-refractivity contribution < 1.29 is 9.53 Å². The molecule has 0 unspecified atom stereocenters. The van der Waals surface area contributed by atoms with E-state index < -0.39 is 0 Å². The van der Waals surface area contributed by atoms with E-state index in [-0.39, 0.29) is 6.09 Å².